The molecule has 302 valence electrons. The Morgan fingerprint density at radius 1 is 1.09 bits per heavy atom. The van der Waals surface area contributed by atoms with Crippen LogP contribution in [0.5, 0.6) is 5.75 Å². The van der Waals surface area contributed by atoms with Gasteiger partial charge in [0.1, 0.15) is 33.9 Å². The van der Waals surface area contributed by atoms with E-state index in [0.717, 1.165) is 30.2 Å². The normalized spacial score (nSPS) is 28.8. The third-order valence-corrected chi connectivity index (χ3v) is 13.8. The number of carbonyl (C=O) groups is 5. The zero-order valence-electron chi connectivity index (χ0n) is 31.5. The van der Waals surface area contributed by atoms with Crippen molar-refractivity contribution in [3.8, 4) is 16.3 Å². The molecule has 0 bridgehead atoms. The number of nitrogens with one attached hydrogen (secondary N) is 3. The second kappa shape index (κ2) is 15.1. The zero-order valence-corrected chi connectivity index (χ0v) is 33.1. The van der Waals surface area contributed by atoms with Crippen molar-refractivity contribution in [2.45, 2.75) is 101 Å². The molecule has 1 aromatic carbocycles. The molecule has 5 aliphatic rings. The molecule has 0 radical (unpaired) electrons. The van der Waals surface area contributed by atoms with Crippen LogP contribution in [0, 0.1) is 23.6 Å². The Hall–Kier alpha value is -4.58. The van der Waals surface area contributed by atoms with Crippen molar-refractivity contribution in [2.75, 3.05) is 19.6 Å². The topological polar surface area (TPSA) is 204 Å². The number of nitrogens with zero attached hydrogens (tertiary/aromatic N) is 3. The molecule has 7 rings (SSSR count). The Morgan fingerprint density at radius 3 is 2.57 bits per heavy atom. The second-order valence-electron chi connectivity index (χ2n) is 16.5. The van der Waals surface area contributed by atoms with Crippen molar-refractivity contribution in [3.63, 3.8) is 0 Å². The van der Waals surface area contributed by atoms with Gasteiger partial charge in [0.2, 0.25) is 21.8 Å². The van der Waals surface area contributed by atoms with E-state index in [2.05, 4.69) is 20.3 Å². The van der Waals surface area contributed by atoms with Gasteiger partial charge in [-0.2, -0.15) is 0 Å². The van der Waals surface area contributed by atoms with Crippen molar-refractivity contribution in [1.82, 2.24) is 30.1 Å². The first-order chi connectivity index (χ1) is 26.5. The van der Waals surface area contributed by atoms with Crippen LogP contribution in [0.4, 0.5) is 9.18 Å². The quantitative estimate of drug-likeness (QED) is 0.313. The summed E-state index contributed by atoms with van der Waals surface area (Å²) in [6, 6.07) is 1.63. The smallest absolute Gasteiger partial charge is 0.408 e. The van der Waals surface area contributed by atoms with Crippen molar-refractivity contribution in [1.29, 1.82) is 0 Å². The van der Waals surface area contributed by atoms with Crippen molar-refractivity contribution in [3.05, 3.63) is 47.2 Å². The summed E-state index contributed by atoms with van der Waals surface area (Å²) in [7, 11) is -3.94. The van der Waals surface area contributed by atoms with Crippen LogP contribution in [-0.4, -0.2) is 106 Å². The maximum atomic E-state index is 14.6. The molecule has 2 aliphatic carbocycles. The molecular formula is C38H47FN6O9S2. The number of ether oxygens (including phenoxy) is 1. The van der Waals surface area contributed by atoms with Crippen LogP contribution in [0.2, 0.25) is 0 Å². The number of thiazole rings is 1. The minimum atomic E-state index is -3.94. The van der Waals surface area contributed by atoms with E-state index < -0.39 is 91.6 Å². The lowest BCUT2D eigenvalue weighted by Gasteiger charge is -2.33. The van der Waals surface area contributed by atoms with Crippen LogP contribution in [0.15, 0.2) is 35.7 Å². The average molecular weight is 815 g/mol. The molecule has 1 aromatic heterocycles. The molecule has 4 heterocycles. The van der Waals surface area contributed by atoms with E-state index >= 15 is 0 Å². The summed E-state index contributed by atoms with van der Waals surface area (Å²) in [6.45, 7) is 5.44. The number of phenolic OH excluding ortho intramolecular Hbond substituents is 1. The molecule has 2 saturated carbocycles. The number of hydrogen-bond acceptors (Lipinski definition) is 11. The number of hydrogen-bond donors (Lipinski definition) is 4. The summed E-state index contributed by atoms with van der Waals surface area (Å²) in [5.41, 5.74) is -1.90. The fourth-order valence-electron chi connectivity index (χ4n) is 7.99. The molecule has 56 heavy (non-hydrogen) atoms. The van der Waals surface area contributed by atoms with Gasteiger partial charge in [-0.3, -0.25) is 23.9 Å². The Balaban J connectivity index is 1.17. The number of alkyl carbamates (subject to hydrolysis) is 1. The number of phenols is 1. The molecule has 6 atom stereocenters. The molecule has 4 N–H and O–H groups in total. The molecule has 2 aromatic rings. The number of aromatic hydroxyl groups is 1. The van der Waals surface area contributed by atoms with E-state index in [1.807, 2.05) is 12.2 Å². The number of benzene rings is 1. The van der Waals surface area contributed by atoms with Crippen LogP contribution in [0.3, 0.4) is 0 Å². The SMILES string of the molecule is CC(C)(C)OC(=O)N[C@H]1CCCCC/C=C\[C@@H]2C[C@]2(C(=O)NS(=O)(=O)C2CC2)NC(=O)[C@@H]2[C@H]3CN(C(=O)c4csc(-c5ccc(O)c(F)c5)n4)C[C@H]3CN2C1=O. The minimum absolute atomic E-state index is 0.0643. The monoisotopic (exact) mass is 814 g/mol. The molecule has 2 saturated heterocycles. The Labute approximate surface area is 328 Å². The fraction of sp³-hybridized carbons (Fsp3) is 0.579. The third kappa shape index (κ3) is 8.26. The first kappa shape index (κ1) is 39.6. The second-order valence-corrected chi connectivity index (χ2v) is 19.3. The molecule has 15 nitrogen and oxygen atoms in total. The van der Waals surface area contributed by atoms with Crippen molar-refractivity contribution >= 4 is 51.1 Å². The highest BCUT2D eigenvalue weighted by Gasteiger charge is 2.63. The number of halogens is 1. The summed E-state index contributed by atoms with van der Waals surface area (Å²) in [6.07, 6.45) is 7.09. The summed E-state index contributed by atoms with van der Waals surface area (Å²) >= 11 is 1.13. The Morgan fingerprint density at radius 2 is 1.86 bits per heavy atom. The molecular weight excluding hydrogens is 768 g/mol. The third-order valence-electron chi connectivity index (χ3n) is 11.1. The van der Waals surface area contributed by atoms with Crippen molar-refractivity contribution < 1.29 is 46.6 Å². The summed E-state index contributed by atoms with van der Waals surface area (Å²) in [5, 5.41) is 16.5. The van der Waals surface area contributed by atoms with Gasteiger partial charge < -0.3 is 30.3 Å². The molecule has 5 amide bonds. The summed E-state index contributed by atoms with van der Waals surface area (Å²) in [5.74, 6) is -5.15. The highest BCUT2D eigenvalue weighted by molar-refractivity contribution is 7.91. The number of likely N-dealkylation sites (tertiary alicyclic amines) is 1. The highest BCUT2D eigenvalue weighted by atomic mass is 32.2. The van der Waals surface area contributed by atoms with Gasteiger partial charge in [0.25, 0.3) is 11.8 Å². The standard InChI is InChI=1S/C38H47FN6O9S2/c1-37(2,3)54-36(51)41-27-10-8-6-4-5-7-9-23-16-38(23,35(50)43-56(52,53)24-12-13-24)42-31(47)30-25-19-44(17-22(25)18-45(30)34(27)49)33(48)28-20-55-32(40-28)21-11-14-29(46)26(39)15-21/h7,9,11,14-15,20,22-25,27,30,46H,4-6,8,10,12-13,16-19H2,1-3H3,(H,41,51)(H,42,47)(H,43,50)/b9-7-/t22-,23+,25-,27-,30-,38-/m0/s1. The number of amides is 5. The predicted octanol–water partition coefficient (Wildman–Crippen LogP) is 3.45. The first-order valence-corrected chi connectivity index (χ1v) is 21.5. The summed E-state index contributed by atoms with van der Waals surface area (Å²) < 4.78 is 47.5. The summed E-state index contributed by atoms with van der Waals surface area (Å²) in [4.78, 5) is 77.2. The maximum absolute atomic E-state index is 14.6. The van der Waals surface area contributed by atoms with Crippen LogP contribution in [0.25, 0.3) is 10.6 Å². The number of sulfonamides is 1. The van der Waals surface area contributed by atoms with Crippen LogP contribution in [-0.2, 0) is 29.1 Å². The molecule has 4 fully saturated rings. The van der Waals surface area contributed by atoms with Gasteiger partial charge in [-0.25, -0.2) is 22.6 Å². The predicted molar refractivity (Wildman–Crippen MR) is 202 cm³/mol. The van der Waals surface area contributed by atoms with E-state index in [-0.39, 0.29) is 44.1 Å². The van der Waals surface area contributed by atoms with Gasteiger partial charge in [-0.15, -0.1) is 11.3 Å². The van der Waals surface area contributed by atoms with Crippen LogP contribution < -0.4 is 15.4 Å². The molecule has 0 spiro atoms. The Kier molecular flexibility index (Phi) is 10.7. The van der Waals surface area contributed by atoms with E-state index in [0.29, 0.717) is 36.3 Å². The zero-order chi connectivity index (χ0) is 40.2. The van der Waals surface area contributed by atoms with Gasteiger partial charge in [0, 0.05) is 48.3 Å². The van der Waals surface area contributed by atoms with Gasteiger partial charge >= 0.3 is 6.09 Å². The minimum Gasteiger partial charge on any atom is -0.505 e. The van der Waals surface area contributed by atoms with E-state index in [1.54, 1.807) is 31.1 Å². The molecule has 18 heteroatoms. The van der Waals surface area contributed by atoms with E-state index in [9.17, 15) is 41.9 Å². The molecule has 0 unspecified atom stereocenters. The van der Waals surface area contributed by atoms with E-state index in [4.69, 9.17) is 4.74 Å². The van der Waals surface area contributed by atoms with Gasteiger partial charge in [-0.1, -0.05) is 25.0 Å². The first-order valence-electron chi connectivity index (χ1n) is 19.0. The molecule has 3 aliphatic heterocycles. The number of aromatic nitrogens is 1. The number of carbonyl (C=O) groups excluding carboxylic acids is 5. The lowest BCUT2D eigenvalue weighted by molar-refractivity contribution is -0.142. The lowest BCUT2D eigenvalue weighted by atomic mass is 9.93. The number of fused-ring (bicyclic) bond motifs is 4. The average Bonchev–Trinajstić information content (AvgIpc) is 3.94. The number of rotatable bonds is 6. The lowest BCUT2D eigenvalue weighted by Crippen LogP contribution is -2.60. The highest BCUT2D eigenvalue weighted by Crippen LogP contribution is 2.47. The van der Waals surface area contributed by atoms with Crippen LogP contribution in [0.1, 0.15) is 82.6 Å². The number of allylic oxidation sites excluding steroid dienone is 1. The Bertz CT molecular complexity index is 2060. The van der Waals surface area contributed by atoms with Gasteiger partial charge in [0.05, 0.1) is 5.25 Å². The van der Waals surface area contributed by atoms with E-state index in [1.165, 1.54) is 17.0 Å². The fourth-order valence-corrected chi connectivity index (χ4v) is 10.1. The van der Waals surface area contributed by atoms with Gasteiger partial charge in [0.15, 0.2) is 11.6 Å². The largest absolute Gasteiger partial charge is 0.505 e. The van der Waals surface area contributed by atoms with Crippen LogP contribution >= 0.6 is 11.3 Å². The van der Waals surface area contributed by atoms with Crippen molar-refractivity contribution in [2.24, 2.45) is 17.8 Å². The maximum Gasteiger partial charge on any atom is 0.408 e. The van der Waals surface area contributed by atoms with Gasteiger partial charge in [-0.05, 0) is 77.5 Å².